The molecule has 186 valence electrons. The second-order valence-electron chi connectivity index (χ2n) is 9.32. The largest absolute Gasteiger partial charge is 0.488 e. The minimum Gasteiger partial charge on any atom is -0.488 e. The third-order valence-electron chi connectivity index (χ3n) is 7.05. The quantitative estimate of drug-likeness (QED) is 0.392. The second kappa shape index (κ2) is 11.8. The van der Waals surface area contributed by atoms with Gasteiger partial charge in [0, 0.05) is 18.5 Å². The Bertz CT molecular complexity index is 952. The van der Waals surface area contributed by atoms with E-state index in [1.54, 1.807) is 0 Å². The fourth-order valence-corrected chi connectivity index (χ4v) is 4.90. The summed E-state index contributed by atoms with van der Waals surface area (Å²) in [6.45, 7) is 4.38. The highest BCUT2D eigenvalue weighted by atomic mass is 19.2. The number of aliphatic hydroxyl groups is 1. The molecule has 7 heteroatoms. The van der Waals surface area contributed by atoms with E-state index in [1.165, 1.54) is 23.3 Å². The van der Waals surface area contributed by atoms with Crippen LogP contribution in [0.15, 0.2) is 36.4 Å². The molecule has 0 saturated carbocycles. The van der Waals surface area contributed by atoms with Crippen LogP contribution in [0, 0.1) is 17.6 Å². The van der Waals surface area contributed by atoms with E-state index < -0.39 is 23.7 Å². The van der Waals surface area contributed by atoms with E-state index >= 15 is 0 Å². The minimum atomic E-state index is -1.17. The van der Waals surface area contributed by atoms with Crippen molar-refractivity contribution in [1.82, 2.24) is 5.32 Å². The molecule has 0 bridgehead atoms. The van der Waals surface area contributed by atoms with E-state index in [1.807, 2.05) is 0 Å². The number of halogens is 2. The number of benzene rings is 2. The molecule has 1 aliphatic carbocycles. The van der Waals surface area contributed by atoms with Crippen molar-refractivity contribution in [2.75, 3.05) is 13.2 Å². The number of nitrogens with one attached hydrogen (secondary N) is 1. The van der Waals surface area contributed by atoms with Crippen LogP contribution in [0.2, 0.25) is 0 Å². The van der Waals surface area contributed by atoms with Crippen molar-refractivity contribution >= 4 is 5.97 Å². The van der Waals surface area contributed by atoms with E-state index in [4.69, 9.17) is 9.84 Å². The molecule has 3 rings (SSSR count). The SMILES string of the molecule is CCC(CC)(CC1Cc2ccccc2C1)NC[C@@H](O)COc1ccc(CCC(=O)O)c(F)c1F. The summed E-state index contributed by atoms with van der Waals surface area (Å²) in [6.07, 6.45) is 3.69. The van der Waals surface area contributed by atoms with Crippen molar-refractivity contribution in [2.45, 2.75) is 70.4 Å². The van der Waals surface area contributed by atoms with Crippen LogP contribution in [0.1, 0.15) is 56.2 Å². The first-order valence-corrected chi connectivity index (χ1v) is 12.1. The summed E-state index contributed by atoms with van der Waals surface area (Å²) in [4.78, 5) is 10.7. The van der Waals surface area contributed by atoms with E-state index in [0.29, 0.717) is 5.92 Å². The summed E-state index contributed by atoms with van der Waals surface area (Å²) in [5.41, 5.74) is 2.71. The highest BCUT2D eigenvalue weighted by molar-refractivity contribution is 5.67. The zero-order chi connectivity index (χ0) is 24.7. The van der Waals surface area contributed by atoms with Gasteiger partial charge in [0.1, 0.15) is 12.7 Å². The van der Waals surface area contributed by atoms with Crippen molar-refractivity contribution in [3.8, 4) is 5.75 Å². The summed E-state index contributed by atoms with van der Waals surface area (Å²) in [5, 5.41) is 22.7. The van der Waals surface area contributed by atoms with Crippen LogP contribution >= 0.6 is 0 Å². The van der Waals surface area contributed by atoms with Gasteiger partial charge in [-0.15, -0.1) is 0 Å². The number of carbonyl (C=O) groups is 1. The van der Waals surface area contributed by atoms with Gasteiger partial charge in [-0.25, -0.2) is 4.39 Å². The number of aliphatic carboxylic acids is 1. The fourth-order valence-electron chi connectivity index (χ4n) is 4.90. The number of aryl methyl sites for hydroxylation is 1. The van der Waals surface area contributed by atoms with Crippen molar-refractivity contribution in [3.63, 3.8) is 0 Å². The molecular formula is C27H35F2NO4. The smallest absolute Gasteiger partial charge is 0.303 e. The van der Waals surface area contributed by atoms with E-state index in [2.05, 4.69) is 43.4 Å². The van der Waals surface area contributed by atoms with E-state index in [9.17, 15) is 18.7 Å². The maximum absolute atomic E-state index is 14.3. The van der Waals surface area contributed by atoms with Gasteiger partial charge in [-0.05, 0) is 67.2 Å². The molecule has 2 aromatic rings. The summed E-state index contributed by atoms with van der Waals surface area (Å²) in [6, 6.07) is 11.2. The number of rotatable bonds is 13. The van der Waals surface area contributed by atoms with Crippen LogP contribution in [0.5, 0.6) is 5.75 Å². The van der Waals surface area contributed by atoms with E-state index in [0.717, 1.165) is 32.1 Å². The Morgan fingerprint density at radius 3 is 2.35 bits per heavy atom. The Labute approximate surface area is 200 Å². The van der Waals surface area contributed by atoms with Crippen LogP contribution in [0.4, 0.5) is 8.78 Å². The van der Waals surface area contributed by atoms with Crippen molar-refractivity contribution < 1.29 is 28.5 Å². The minimum absolute atomic E-state index is 0.0146. The zero-order valence-corrected chi connectivity index (χ0v) is 19.9. The van der Waals surface area contributed by atoms with Crippen molar-refractivity contribution in [3.05, 3.63) is 64.7 Å². The Balaban J connectivity index is 1.52. The Morgan fingerprint density at radius 2 is 1.76 bits per heavy atom. The zero-order valence-electron chi connectivity index (χ0n) is 19.9. The summed E-state index contributed by atoms with van der Waals surface area (Å²) in [5.74, 6) is -3.10. The molecule has 0 fully saturated rings. The predicted octanol–water partition coefficient (Wildman–Crippen LogP) is 4.68. The molecule has 0 spiro atoms. The molecule has 0 saturated heterocycles. The molecule has 0 radical (unpaired) electrons. The molecular weight excluding hydrogens is 440 g/mol. The maximum atomic E-state index is 14.3. The lowest BCUT2D eigenvalue weighted by Gasteiger charge is -2.36. The lowest BCUT2D eigenvalue weighted by molar-refractivity contribution is -0.136. The summed E-state index contributed by atoms with van der Waals surface area (Å²) >= 11 is 0. The number of aliphatic hydroxyl groups excluding tert-OH is 1. The van der Waals surface area contributed by atoms with Gasteiger partial charge in [0.05, 0.1) is 0 Å². The van der Waals surface area contributed by atoms with Gasteiger partial charge in [-0.3, -0.25) is 4.79 Å². The number of β-amino-alcohol motifs (C(OH)–C–C–N with tert-alkyl or cyclic N) is 1. The van der Waals surface area contributed by atoms with E-state index in [-0.39, 0.29) is 42.8 Å². The van der Waals surface area contributed by atoms with Gasteiger partial charge in [0.25, 0.3) is 0 Å². The average molecular weight is 476 g/mol. The first kappa shape index (κ1) is 26.1. The van der Waals surface area contributed by atoms with Crippen LogP contribution in [0.3, 0.4) is 0 Å². The monoisotopic (exact) mass is 475 g/mol. The average Bonchev–Trinajstić information content (AvgIpc) is 3.24. The lowest BCUT2D eigenvalue weighted by Crippen LogP contribution is -2.49. The van der Waals surface area contributed by atoms with Gasteiger partial charge in [-0.1, -0.05) is 44.2 Å². The second-order valence-corrected chi connectivity index (χ2v) is 9.32. The molecule has 34 heavy (non-hydrogen) atoms. The molecule has 0 unspecified atom stereocenters. The highest BCUT2D eigenvalue weighted by Crippen LogP contribution is 2.34. The molecule has 2 aromatic carbocycles. The number of hydrogen-bond acceptors (Lipinski definition) is 4. The maximum Gasteiger partial charge on any atom is 0.303 e. The van der Waals surface area contributed by atoms with Crippen LogP contribution < -0.4 is 10.1 Å². The summed E-state index contributed by atoms with van der Waals surface area (Å²) in [7, 11) is 0. The molecule has 1 aliphatic rings. The number of carboxylic acid groups (broad SMARTS) is 1. The van der Waals surface area contributed by atoms with Crippen molar-refractivity contribution in [1.29, 1.82) is 0 Å². The molecule has 5 nitrogen and oxygen atoms in total. The Kier molecular flexibility index (Phi) is 9.03. The van der Waals surface area contributed by atoms with Gasteiger partial charge >= 0.3 is 5.97 Å². The summed E-state index contributed by atoms with van der Waals surface area (Å²) < 4.78 is 33.9. The number of fused-ring (bicyclic) bond motifs is 1. The van der Waals surface area contributed by atoms with Gasteiger partial charge < -0.3 is 20.3 Å². The van der Waals surface area contributed by atoms with Crippen molar-refractivity contribution in [2.24, 2.45) is 5.92 Å². The third kappa shape index (κ3) is 6.54. The van der Waals surface area contributed by atoms with Gasteiger partial charge in [-0.2, -0.15) is 4.39 Å². The molecule has 0 heterocycles. The molecule has 0 amide bonds. The van der Waals surface area contributed by atoms with Gasteiger partial charge in [0.15, 0.2) is 11.6 Å². The number of hydrogen-bond donors (Lipinski definition) is 3. The molecule has 0 aliphatic heterocycles. The Hall–Kier alpha value is -2.51. The molecule has 1 atom stereocenters. The predicted molar refractivity (Wildman–Crippen MR) is 127 cm³/mol. The fraction of sp³-hybridized carbons (Fsp3) is 0.519. The molecule has 0 aromatic heterocycles. The first-order chi connectivity index (χ1) is 16.3. The van der Waals surface area contributed by atoms with Crippen LogP contribution in [-0.2, 0) is 24.1 Å². The number of ether oxygens (including phenoxy) is 1. The third-order valence-corrected chi connectivity index (χ3v) is 7.05. The van der Waals surface area contributed by atoms with Gasteiger partial charge in [0.2, 0.25) is 5.82 Å². The first-order valence-electron chi connectivity index (χ1n) is 12.1. The van der Waals surface area contributed by atoms with Crippen LogP contribution in [-0.4, -0.2) is 41.0 Å². The lowest BCUT2D eigenvalue weighted by atomic mass is 9.81. The number of carboxylic acids is 1. The molecule has 3 N–H and O–H groups in total. The topological polar surface area (TPSA) is 78.8 Å². The highest BCUT2D eigenvalue weighted by Gasteiger charge is 2.32. The standard InChI is InChI=1S/C27H35F2NO4/c1-3-27(4-2,15-18-13-20-7-5-6-8-21(20)14-18)30-16-22(31)17-34-23-11-9-19(10-12-24(32)33)25(28)26(23)29/h5-9,11,18,22,30-31H,3-4,10,12-17H2,1-2H3,(H,32,33)/t22-/m1/s1. The van der Waals surface area contributed by atoms with Crippen LogP contribution in [0.25, 0.3) is 0 Å². The normalized spacial score (nSPS) is 14.7. The Morgan fingerprint density at radius 1 is 1.12 bits per heavy atom.